The van der Waals surface area contributed by atoms with Gasteiger partial charge in [-0.3, -0.25) is 9.59 Å². The Hall–Kier alpha value is -3.72. The number of nitrogens with zero attached hydrogens (tertiary/aromatic N) is 1. The quantitative estimate of drug-likeness (QED) is 0.152. The first-order valence-electron chi connectivity index (χ1n) is 13.9. The Labute approximate surface area is 243 Å². The Bertz CT molecular complexity index is 1270. The lowest BCUT2D eigenvalue weighted by atomic mass is 9.84. The third-order valence-corrected chi connectivity index (χ3v) is 6.90. The Balaban J connectivity index is 2.24. The summed E-state index contributed by atoms with van der Waals surface area (Å²) >= 11 is 0. The largest absolute Gasteiger partial charge is 0.507 e. The number of carbonyl (C=O) groups excluding carboxylic acids is 2. The molecular weight excluding hydrogens is 526 g/mol. The van der Waals surface area contributed by atoms with Gasteiger partial charge < -0.3 is 33.7 Å². The normalized spacial score (nSPS) is 16.8. The molecule has 0 aliphatic carbocycles. The Morgan fingerprint density at radius 3 is 2.12 bits per heavy atom. The molecule has 0 spiro atoms. The molecule has 0 radical (unpaired) electrons. The van der Waals surface area contributed by atoms with Crippen molar-refractivity contribution in [2.45, 2.75) is 65.5 Å². The molecule has 1 saturated heterocycles. The molecule has 2 aromatic carbocycles. The van der Waals surface area contributed by atoms with E-state index in [4.69, 9.17) is 23.7 Å². The van der Waals surface area contributed by atoms with Crippen LogP contribution >= 0.6 is 0 Å². The topological polar surface area (TPSA) is 104 Å². The van der Waals surface area contributed by atoms with E-state index in [2.05, 4.69) is 0 Å². The van der Waals surface area contributed by atoms with Gasteiger partial charge in [0.1, 0.15) is 11.5 Å². The Morgan fingerprint density at radius 2 is 1.61 bits per heavy atom. The molecule has 9 nitrogen and oxygen atoms in total. The van der Waals surface area contributed by atoms with Crippen LogP contribution in [0.15, 0.2) is 35.9 Å². The standard InChI is InChI=1S/C32H43NO8/c1-10-40-23-13-12-20(16-22(23)32(4,5)6)28(34)26-27(21-17-24(37-7)30(39-9)25(18-21)38-8)33(31(36)29(26)35)14-11-15-41-19(2)3/h12-13,16-19,27,34H,10-11,14-15H2,1-9H3/b28-26+. The molecule has 1 aliphatic heterocycles. The van der Waals surface area contributed by atoms with Crippen molar-refractivity contribution >= 4 is 17.4 Å². The fourth-order valence-corrected chi connectivity index (χ4v) is 4.97. The zero-order valence-electron chi connectivity index (χ0n) is 25.6. The van der Waals surface area contributed by atoms with Gasteiger partial charge in [0.25, 0.3) is 11.7 Å². The van der Waals surface area contributed by atoms with E-state index in [1.807, 2.05) is 47.6 Å². The maximum absolute atomic E-state index is 13.6. The fraction of sp³-hybridized carbons (Fsp3) is 0.500. The number of ether oxygens (including phenoxy) is 5. The third-order valence-electron chi connectivity index (χ3n) is 6.90. The van der Waals surface area contributed by atoms with E-state index in [0.29, 0.717) is 53.8 Å². The number of ketones is 1. The van der Waals surface area contributed by atoms with Crippen LogP contribution in [-0.2, 0) is 19.7 Å². The number of methoxy groups -OCH3 is 3. The summed E-state index contributed by atoms with van der Waals surface area (Å²) in [6, 6.07) is 7.80. The molecule has 1 fully saturated rings. The summed E-state index contributed by atoms with van der Waals surface area (Å²) in [6.07, 6.45) is 0.539. The molecule has 1 heterocycles. The van der Waals surface area contributed by atoms with Crippen molar-refractivity contribution in [3.05, 3.63) is 52.6 Å². The van der Waals surface area contributed by atoms with E-state index >= 15 is 0 Å². The minimum atomic E-state index is -0.896. The first-order chi connectivity index (χ1) is 19.4. The summed E-state index contributed by atoms with van der Waals surface area (Å²) in [5.74, 6) is 0.0784. The minimum absolute atomic E-state index is 0.0157. The van der Waals surface area contributed by atoms with Crippen LogP contribution in [0.2, 0.25) is 0 Å². The Kier molecular flexibility index (Phi) is 10.3. The summed E-state index contributed by atoms with van der Waals surface area (Å²) in [4.78, 5) is 28.5. The van der Waals surface area contributed by atoms with Gasteiger partial charge in [0, 0.05) is 24.3 Å². The zero-order valence-corrected chi connectivity index (χ0v) is 25.6. The van der Waals surface area contributed by atoms with Gasteiger partial charge in [-0.1, -0.05) is 20.8 Å². The molecule has 1 unspecified atom stereocenters. The molecule has 9 heteroatoms. The predicted octanol–water partition coefficient (Wildman–Crippen LogP) is 5.65. The molecule has 1 amide bonds. The average Bonchev–Trinajstić information content (AvgIpc) is 3.18. The van der Waals surface area contributed by atoms with Gasteiger partial charge in [0.05, 0.1) is 45.7 Å². The molecule has 1 N–H and O–H groups in total. The number of rotatable bonds is 12. The van der Waals surface area contributed by atoms with Crippen molar-refractivity contribution in [3.63, 3.8) is 0 Å². The molecule has 0 bridgehead atoms. The molecule has 3 rings (SSSR count). The summed E-state index contributed by atoms with van der Waals surface area (Å²) in [5.41, 5.74) is 1.49. The smallest absolute Gasteiger partial charge is 0.295 e. The van der Waals surface area contributed by atoms with Crippen LogP contribution in [0.1, 0.15) is 70.7 Å². The van der Waals surface area contributed by atoms with Gasteiger partial charge in [-0.2, -0.15) is 0 Å². The highest BCUT2D eigenvalue weighted by atomic mass is 16.5. The molecular formula is C32H43NO8. The second-order valence-electron chi connectivity index (χ2n) is 11.1. The number of likely N-dealkylation sites (tertiary alicyclic amines) is 1. The number of hydrogen-bond donors (Lipinski definition) is 1. The average molecular weight is 570 g/mol. The van der Waals surface area contributed by atoms with Gasteiger partial charge in [-0.15, -0.1) is 0 Å². The second-order valence-corrected chi connectivity index (χ2v) is 11.1. The van der Waals surface area contributed by atoms with Crippen LogP contribution in [0.25, 0.3) is 5.76 Å². The summed E-state index contributed by atoms with van der Waals surface area (Å²) in [5, 5.41) is 11.7. The molecule has 0 aromatic heterocycles. The van der Waals surface area contributed by atoms with Crippen LogP contribution in [0.4, 0.5) is 0 Å². The number of benzene rings is 2. The first-order valence-corrected chi connectivity index (χ1v) is 13.9. The van der Waals surface area contributed by atoms with Crippen molar-refractivity contribution in [2.24, 2.45) is 0 Å². The van der Waals surface area contributed by atoms with E-state index in [9.17, 15) is 14.7 Å². The van der Waals surface area contributed by atoms with E-state index in [1.165, 1.54) is 26.2 Å². The predicted molar refractivity (Wildman–Crippen MR) is 157 cm³/mol. The van der Waals surface area contributed by atoms with Crippen molar-refractivity contribution in [1.82, 2.24) is 4.90 Å². The minimum Gasteiger partial charge on any atom is -0.507 e. The first kappa shape index (κ1) is 31.8. The van der Waals surface area contributed by atoms with Gasteiger partial charge in [-0.25, -0.2) is 0 Å². The summed E-state index contributed by atoms with van der Waals surface area (Å²) < 4.78 is 28.1. The van der Waals surface area contributed by atoms with E-state index in [0.717, 1.165) is 5.56 Å². The van der Waals surface area contributed by atoms with Gasteiger partial charge >= 0.3 is 0 Å². The number of carbonyl (C=O) groups is 2. The van der Waals surface area contributed by atoms with Crippen LogP contribution in [-0.4, -0.2) is 68.9 Å². The summed E-state index contributed by atoms with van der Waals surface area (Å²) in [6.45, 7) is 13.1. The Morgan fingerprint density at radius 1 is 0.976 bits per heavy atom. The lowest BCUT2D eigenvalue weighted by Gasteiger charge is -2.27. The van der Waals surface area contributed by atoms with Gasteiger partial charge in [0.15, 0.2) is 11.5 Å². The second kappa shape index (κ2) is 13.3. The van der Waals surface area contributed by atoms with E-state index in [-0.39, 0.29) is 29.4 Å². The summed E-state index contributed by atoms with van der Waals surface area (Å²) in [7, 11) is 4.49. The maximum atomic E-state index is 13.6. The number of Topliss-reactive ketones (excluding diaryl/α,β-unsaturated/α-hetero) is 1. The highest BCUT2D eigenvalue weighted by Crippen LogP contribution is 2.46. The number of aliphatic hydroxyl groups excluding tert-OH is 1. The van der Waals surface area contributed by atoms with Crippen LogP contribution in [0.5, 0.6) is 23.0 Å². The number of amides is 1. The molecule has 1 aliphatic rings. The fourth-order valence-electron chi connectivity index (χ4n) is 4.97. The monoisotopic (exact) mass is 569 g/mol. The molecule has 224 valence electrons. The lowest BCUT2D eigenvalue weighted by molar-refractivity contribution is -0.140. The highest BCUT2D eigenvalue weighted by Gasteiger charge is 2.46. The zero-order chi connectivity index (χ0) is 30.5. The number of hydrogen-bond acceptors (Lipinski definition) is 8. The molecule has 1 atom stereocenters. The van der Waals surface area contributed by atoms with Crippen molar-refractivity contribution in [2.75, 3.05) is 41.1 Å². The van der Waals surface area contributed by atoms with Crippen molar-refractivity contribution < 1.29 is 38.4 Å². The molecule has 41 heavy (non-hydrogen) atoms. The SMILES string of the molecule is CCOc1ccc(/C(O)=C2\C(=O)C(=O)N(CCCOC(C)C)C2c2cc(OC)c(OC)c(OC)c2)cc1C(C)(C)C. The van der Waals surface area contributed by atoms with Crippen LogP contribution < -0.4 is 18.9 Å². The molecule has 0 saturated carbocycles. The van der Waals surface area contributed by atoms with Crippen LogP contribution in [0.3, 0.4) is 0 Å². The van der Waals surface area contributed by atoms with Crippen LogP contribution in [0, 0.1) is 0 Å². The van der Waals surface area contributed by atoms with Gasteiger partial charge in [0.2, 0.25) is 5.75 Å². The third kappa shape index (κ3) is 6.78. The lowest BCUT2D eigenvalue weighted by Crippen LogP contribution is -2.31. The van der Waals surface area contributed by atoms with Crippen molar-refractivity contribution in [3.8, 4) is 23.0 Å². The maximum Gasteiger partial charge on any atom is 0.295 e. The van der Waals surface area contributed by atoms with E-state index in [1.54, 1.807) is 24.3 Å². The molecule has 2 aromatic rings. The van der Waals surface area contributed by atoms with Gasteiger partial charge in [-0.05, 0) is 68.5 Å². The number of aliphatic hydroxyl groups is 1. The van der Waals surface area contributed by atoms with Crippen molar-refractivity contribution in [1.29, 1.82) is 0 Å². The highest BCUT2D eigenvalue weighted by molar-refractivity contribution is 6.46. The van der Waals surface area contributed by atoms with E-state index < -0.39 is 17.7 Å².